The largest absolute Gasteiger partial charge is 0.417 e. The molecule has 6 atom stereocenters. The predicted molar refractivity (Wildman–Crippen MR) is 86.6 cm³/mol. The van der Waals surface area contributed by atoms with Crippen molar-refractivity contribution in [2.45, 2.75) is 43.2 Å². The quantitative estimate of drug-likeness (QED) is 0.739. The molecule has 5 rings (SSSR count). The second-order valence-electron chi connectivity index (χ2n) is 8.38. The Labute approximate surface area is 157 Å². The van der Waals surface area contributed by atoms with E-state index in [2.05, 4.69) is 0 Å². The number of nitriles is 1. The van der Waals surface area contributed by atoms with Crippen LogP contribution in [0.25, 0.3) is 0 Å². The molecule has 9 heteroatoms. The number of halogens is 3. The summed E-state index contributed by atoms with van der Waals surface area (Å²) in [5, 5.41) is 19.8. The maximum Gasteiger partial charge on any atom is 0.417 e. The summed E-state index contributed by atoms with van der Waals surface area (Å²) in [6.07, 6.45) is -4.37. The van der Waals surface area contributed by atoms with Gasteiger partial charge >= 0.3 is 6.18 Å². The molecule has 3 aliphatic heterocycles. The lowest BCUT2D eigenvalue weighted by Gasteiger charge is -2.32. The Kier molecular flexibility index (Phi) is 2.89. The van der Waals surface area contributed by atoms with Crippen LogP contribution in [0, 0.1) is 29.1 Å². The number of rotatable bonds is 1. The number of anilines is 1. The van der Waals surface area contributed by atoms with Crippen LogP contribution in [0.5, 0.6) is 0 Å². The van der Waals surface area contributed by atoms with Crippen LogP contribution >= 0.6 is 0 Å². The lowest BCUT2D eigenvalue weighted by Crippen LogP contribution is -2.51. The molecule has 3 saturated heterocycles. The third-order valence-electron chi connectivity index (χ3n) is 7.12. The van der Waals surface area contributed by atoms with Crippen molar-refractivity contribution >= 4 is 17.5 Å². The van der Waals surface area contributed by atoms with Crippen LogP contribution in [0.3, 0.4) is 0 Å². The Hall–Kier alpha value is -2.44. The van der Waals surface area contributed by atoms with Crippen LogP contribution in [-0.2, 0) is 20.5 Å². The molecule has 1 saturated carbocycles. The summed E-state index contributed by atoms with van der Waals surface area (Å²) >= 11 is 0. The van der Waals surface area contributed by atoms with Gasteiger partial charge in [0.15, 0.2) is 0 Å². The summed E-state index contributed by atoms with van der Waals surface area (Å²) in [6.45, 7) is 3.28. The summed E-state index contributed by atoms with van der Waals surface area (Å²) in [5.41, 5.74) is -5.51. The average molecular weight is 392 g/mol. The van der Waals surface area contributed by atoms with Gasteiger partial charge < -0.3 is 9.84 Å². The number of aliphatic hydroxyl groups is 1. The number of ether oxygens (including phenoxy) is 1. The SMILES string of the molecule is CC12OC(C)([C@@H]3C(=O)N(c4ccc(C#N)c(C(F)(F)F)c4)C(=O)[C@@H]31)[C@@]1(O)C[C@@H]21. The van der Waals surface area contributed by atoms with Gasteiger partial charge in [-0.15, -0.1) is 0 Å². The highest BCUT2D eigenvalue weighted by atomic mass is 19.4. The predicted octanol–water partition coefficient (Wildman–Crippen LogP) is 1.99. The Morgan fingerprint density at radius 2 is 1.89 bits per heavy atom. The van der Waals surface area contributed by atoms with E-state index in [-0.39, 0.29) is 11.6 Å². The Bertz CT molecular complexity index is 1020. The maximum atomic E-state index is 13.3. The molecular formula is C19H15F3N2O4. The molecule has 2 bridgehead atoms. The molecule has 4 fully saturated rings. The number of nitrogens with zero attached hydrogens (tertiary/aromatic N) is 2. The monoisotopic (exact) mass is 392 g/mol. The minimum atomic E-state index is -4.81. The second-order valence-corrected chi connectivity index (χ2v) is 8.38. The summed E-state index contributed by atoms with van der Waals surface area (Å²) in [7, 11) is 0. The van der Waals surface area contributed by atoms with Gasteiger partial charge in [-0.3, -0.25) is 9.59 Å². The topological polar surface area (TPSA) is 90.6 Å². The van der Waals surface area contributed by atoms with Crippen molar-refractivity contribution in [3.8, 4) is 6.07 Å². The van der Waals surface area contributed by atoms with Crippen LogP contribution in [0.2, 0.25) is 0 Å². The lowest BCUT2D eigenvalue weighted by molar-refractivity contribution is -0.142. The van der Waals surface area contributed by atoms with E-state index < -0.39 is 57.8 Å². The van der Waals surface area contributed by atoms with E-state index >= 15 is 0 Å². The van der Waals surface area contributed by atoms with Gasteiger partial charge in [0.25, 0.3) is 0 Å². The van der Waals surface area contributed by atoms with Gasteiger partial charge in [0, 0.05) is 5.92 Å². The molecule has 2 amide bonds. The van der Waals surface area contributed by atoms with Crippen molar-refractivity contribution in [2.75, 3.05) is 4.90 Å². The van der Waals surface area contributed by atoms with Gasteiger partial charge in [0.2, 0.25) is 11.8 Å². The van der Waals surface area contributed by atoms with Gasteiger partial charge in [-0.05, 0) is 38.5 Å². The Balaban J connectivity index is 1.61. The molecule has 28 heavy (non-hydrogen) atoms. The maximum absolute atomic E-state index is 13.3. The first-order chi connectivity index (χ1) is 12.9. The molecule has 0 spiro atoms. The molecule has 6 nitrogen and oxygen atoms in total. The molecular weight excluding hydrogens is 377 g/mol. The van der Waals surface area contributed by atoms with Crippen LogP contribution in [0.15, 0.2) is 18.2 Å². The van der Waals surface area contributed by atoms with Gasteiger partial charge in [0.05, 0.1) is 40.3 Å². The minimum absolute atomic E-state index is 0.233. The first-order valence-corrected chi connectivity index (χ1v) is 8.82. The number of amides is 2. The highest BCUT2D eigenvalue weighted by molar-refractivity contribution is 6.23. The Morgan fingerprint density at radius 3 is 2.50 bits per heavy atom. The fourth-order valence-corrected chi connectivity index (χ4v) is 5.77. The molecule has 3 heterocycles. The molecule has 4 aliphatic rings. The van der Waals surface area contributed by atoms with E-state index in [1.165, 1.54) is 6.07 Å². The van der Waals surface area contributed by atoms with Crippen LogP contribution in [-0.4, -0.2) is 33.7 Å². The van der Waals surface area contributed by atoms with Gasteiger partial charge in [-0.25, -0.2) is 4.90 Å². The van der Waals surface area contributed by atoms with E-state index in [0.29, 0.717) is 12.5 Å². The smallest absolute Gasteiger partial charge is 0.386 e. The number of carbonyl (C=O) groups is 2. The summed E-state index contributed by atoms with van der Waals surface area (Å²) in [5.74, 6) is -3.41. The number of alkyl halides is 3. The number of imide groups is 1. The Morgan fingerprint density at radius 1 is 1.25 bits per heavy atom. The minimum Gasteiger partial charge on any atom is -0.386 e. The van der Waals surface area contributed by atoms with Gasteiger partial charge in [-0.1, -0.05) is 0 Å². The van der Waals surface area contributed by atoms with E-state index in [9.17, 15) is 27.9 Å². The van der Waals surface area contributed by atoms with Crippen LogP contribution < -0.4 is 4.90 Å². The summed E-state index contributed by atoms with van der Waals surface area (Å²) in [6, 6.07) is 4.24. The standard InChI is InChI=1S/C19H15F3N2O4/c1-16-11-6-18(11,27)17(2,28-16)13-12(16)14(25)24(15(13)26)9-4-3-8(7-23)10(5-9)19(20,21)22/h3-5,11-13,27H,6H2,1-2H3/t11-,12+,13-,16?,17?,18+/m0/s1. The molecule has 146 valence electrons. The number of carbonyl (C=O) groups excluding carboxylic acids is 2. The summed E-state index contributed by atoms with van der Waals surface area (Å²) in [4.78, 5) is 27.0. The van der Waals surface area contributed by atoms with E-state index in [4.69, 9.17) is 10.00 Å². The molecule has 1 N–H and O–H groups in total. The number of hydrogen-bond acceptors (Lipinski definition) is 5. The van der Waals surface area contributed by atoms with Crippen LogP contribution in [0.4, 0.5) is 18.9 Å². The molecule has 0 aromatic heterocycles. The number of hydrogen-bond donors (Lipinski definition) is 1. The summed E-state index contributed by atoms with van der Waals surface area (Å²) < 4.78 is 45.9. The fourth-order valence-electron chi connectivity index (χ4n) is 5.77. The van der Waals surface area contributed by atoms with Gasteiger partial charge in [-0.2, -0.15) is 18.4 Å². The molecule has 0 radical (unpaired) electrons. The van der Waals surface area contributed by atoms with Crippen molar-refractivity contribution in [1.82, 2.24) is 0 Å². The van der Waals surface area contributed by atoms with E-state index in [1.807, 2.05) is 0 Å². The van der Waals surface area contributed by atoms with E-state index in [1.54, 1.807) is 13.8 Å². The van der Waals surface area contributed by atoms with Gasteiger partial charge in [0.1, 0.15) is 11.2 Å². The normalized spacial score (nSPS) is 43.2. The third-order valence-corrected chi connectivity index (χ3v) is 7.12. The zero-order valence-electron chi connectivity index (χ0n) is 14.9. The zero-order chi connectivity index (χ0) is 20.4. The highest BCUT2D eigenvalue weighted by Crippen LogP contribution is 2.76. The molecule has 1 aromatic carbocycles. The van der Waals surface area contributed by atoms with Crippen molar-refractivity contribution in [3.63, 3.8) is 0 Å². The molecule has 1 aliphatic carbocycles. The van der Waals surface area contributed by atoms with Crippen molar-refractivity contribution in [3.05, 3.63) is 29.3 Å². The average Bonchev–Trinajstić information content (AvgIpc) is 3.11. The van der Waals surface area contributed by atoms with Crippen LogP contribution in [0.1, 0.15) is 31.4 Å². The van der Waals surface area contributed by atoms with E-state index in [0.717, 1.165) is 17.0 Å². The number of benzene rings is 1. The zero-order valence-corrected chi connectivity index (χ0v) is 14.9. The third kappa shape index (κ3) is 1.68. The first-order valence-electron chi connectivity index (χ1n) is 8.82. The molecule has 2 unspecified atom stereocenters. The van der Waals surface area contributed by atoms with Crippen molar-refractivity contribution in [1.29, 1.82) is 5.26 Å². The first kappa shape index (κ1) is 17.6. The lowest BCUT2D eigenvalue weighted by atomic mass is 9.67. The van der Waals surface area contributed by atoms with Crippen molar-refractivity contribution in [2.24, 2.45) is 17.8 Å². The molecule has 1 aromatic rings. The highest BCUT2D eigenvalue weighted by Gasteiger charge is 2.90. The fraction of sp³-hybridized carbons (Fsp3) is 0.526. The van der Waals surface area contributed by atoms with Crippen molar-refractivity contribution < 1.29 is 32.6 Å². The second kappa shape index (κ2) is 4.58. The number of fused-ring (bicyclic) bond motifs is 8.